The van der Waals surface area contributed by atoms with E-state index in [2.05, 4.69) is 15.6 Å². The number of aromatic hydroxyl groups is 1. The SMILES string of the molecule is CC1=NN(c2ccc(C)c(C)c2)C(=O)/C1=N/Nc1cccc(C2CCC(O)CC2)c1O. The Bertz CT molecular complexity index is 1070. The minimum atomic E-state index is -0.315. The zero-order valence-electron chi connectivity index (χ0n) is 18.1. The summed E-state index contributed by atoms with van der Waals surface area (Å²) >= 11 is 0. The van der Waals surface area contributed by atoms with Gasteiger partial charge in [-0.25, -0.2) is 0 Å². The summed E-state index contributed by atoms with van der Waals surface area (Å²) in [5.74, 6) is 0.0268. The average molecular weight is 421 g/mol. The first kappa shape index (κ1) is 21.1. The standard InChI is InChI=1S/C24H28N4O3/c1-14-7-10-18(13-15(14)2)28-24(31)22(16(3)27-28)26-25-21-6-4-5-20(23(21)30)17-8-11-19(29)12-9-17/h4-7,10,13,17,19,25,29-30H,8-9,11-12H2,1-3H3/b26-22+. The van der Waals surface area contributed by atoms with E-state index >= 15 is 0 Å². The number of phenols is 1. The highest BCUT2D eigenvalue weighted by molar-refractivity contribution is 6.71. The fourth-order valence-corrected chi connectivity index (χ4v) is 4.14. The van der Waals surface area contributed by atoms with Crippen LogP contribution in [0, 0.1) is 13.8 Å². The van der Waals surface area contributed by atoms with Crippen LogP contribution in [0.15, 0.2) is 46.6 Å². The Balaban J connectivity index is 1.53. The van der Waals surface area contributed by atoms with Crippen molar-refractivity contribution in [3.05, 3.63) is 53.1 Å². The number of hydrazone groups is 2. The van der Waals surface area contributed by atoms with Gasteiger partial charge in [-0.15, -0.1) is 0 Å². The number of aliphatic hydroxyl groups is 1. The molecule has 162 valence electrons. The van der Waals surface area contributed by atoms with Crippen LogP contribution in [-0.2, 0) is 4.79 Å². The Kier molecular flexibility index (Phi) is 5.78. The largest absolute Gasteiger partial charge is 0.505 e. The molecule has 1 fully saturated rings. The van der Waals surface area contributed by atoms with Gasteiger partial charge in [0.1, 0.15) is 5.75 Å². The molecule has 1 aliphatic carbocycles. The molecule has 3 N–H and O–H groups in total. The van der Waals surface area contributed by atoms with E-state index in [9.17, 15) is 15.0 Å². The van der Waals surface area contributed by atoms with Gasteiger partial charge >= 0.3 is 5.91 Å². The number of amides is 1. The first-order valence-corrected chi connectivity index (χ1v) is 10.7. The number of phenolic OH excluding ortho intramolecular Hbond substituents is 1. The number of aliphatic hydroxyl groups excluding tert-OH is 1. The van der Waals surface area contributed by atoms with Crippen LogP contribution in [0.1, 0.15) is 55.2 Å². The van der Waals surface area contributed by atoms with Gasteiger partial charge in [0.15, 0.2) is 5.71 Å². The van der Waals surface area contributed by atoms with Gasteiger partial charge in [-0.2, -0.15) is 15.2 Å². The van der Waals surface area contributed by atoms with Gasteiger partial charge in [-0.1, -0.05) is 18.2 Å². The van der Waals surface area contributed by atoms with Crippen molar-refractivity contribution in [2.24, 2.45) is 10.2 Å². The first-order chi connectivity index (χ1) is 14.8. The molecule has 0 bridgehead atoms. The van der Waals surface area contributed by atoms with Crippen LogP contribution in [0.4, 0.5) is 11.4 Å². The van der Waals surface area contributed by atoms with Crippen molar-refractivity contribution >= 4 is 28.7 Å². The van der Waals surface area contributed by atoms with E-state index in [-0.39, 0.29) is 29.4 Å². The van der Waals surface area contributed by atoms with Gasteiger partial charge in [0.05, 0.1) is 23.2 Å². The predicted molar refractivity (Wildman–Crippen MR) is 123 cm³/mol. The third kappa shape index (κ3) is 4.18. The maximum Gasteiger partial charge on any atom is 0.301 e. The Labute approximate surface area is 182 Å². The summed E-state index contributed by atoms with van der Waals surface area (Å²) in [7, 11) is 0. The van der Waals surface area contributed by atoms with Crippen molar-refractivity contribution < 1.29 is 15.0 Å². The van der Waals surface area contributed by atoms with Crippen LogP contribution >= 0.6 is 0 Å². The van der Waals surface area contributed by atoms with Crippen molar-refractivity contribution in [1.82, 2.24) is 0 Å². The molecule has 0 saturated heterocycles. The molecule has 2 aliphatic rings. The molecule has 1 heterocycles. The van der Waals surface area contributed by atoms with Gasteiger partial charge in [0, 0.05) is 0 Å². The van der Waals surface area contributed by atoms with Crippen LogP contribution in [-0.4, -0.2) is 33.6 Å². The van der Waals surface area contributed by atoms with Gasteiger partial charge in [-0.05, 0) is 87.3 Å². The second-order valence-electron chi connectivity index (χ2n) is 8.39. The molecule has 7 nitrogen and oxygen atoms in total. The molecule has 31 heavy (non-hydrogen) atoms. The maximum absolute atomic E-state index is 12.9. The molecule has 0 radical (unpaired) electrons. The number of hydrogen-bond acceptors (Lipinski definition) is 6. The van der Waals surface area contributed by atoms with Crippen molar-refractivity contribution in [2.75, 3.05) is 10.4 Å². The molecule has 0 atom stereocenters. The zero-order chi connectivity index (χ0) is 22.1. The molecule has 4 rings (SSSR count). The Hall–Kier alpha value is -3.19. The van der Waals surface area contributed by atoms with Crippen LogP contribution < -0.4 is 10.4 Å². The zero-order valence-corrected chi connectivity index (χ0v) is 18.1. The van der Waals surface area contributed by atoms with E-state index in [0.29, 0.717) is 17.1 Å². The van der Waals surface area contributed by atoms with Crippen molar-refractivity contribution in [2.45, 2.75) is 58.5 Å². The summed E-state index contributed by atoms with van der Waals surface area (Å²) in [6, 6.07) is 11.3. The highest BCUT2D eigenvalue weighted by Crippen LogP contribution is 2.40. The van der Waals surface area contributed by atoms with Crippen LogP contribution in [0.2, 0.25) is 0 Å². The van der Waals surface area contributed by atoms with E-state index in [1.54, 1.807) is 13.0 Å². The summed E-state index contributed by atoms with van der Waals surface area (Å²) in [5.41, 5.74) is 7.79. The smallest absolute Gasteiger partial charge is 0.301 e. The number of para-hydroxylation sites is 1. The number of rotatable bonds is 4. The maximum atomic E-state index is 12.9. The highest BCUT2D eigenvalue weighted by Gasteiger charge is 2.31. The minimum absolute atomic E-state index is 0.138. The fraction of sp³-hybridized carbons (Fsp3) is 0.375. The topological polar surface area (TPSA) is 97.5 Å². The van der Waals surface area contributed by atoms with Crippen LogP contribution in [0.3, 0.4) is 0 Å². The average Bonchev–Trinajstić information content (AvgIpc) is 3.04. The second-order valence-corrected chi connectivity index (χ2v) is 8.39. The lowest BCUT2D eigenvalue weighted by Crippen LogP contribution is -2.28. The minimum Gasteiger partial charge on any atom is -0.505 e. The summed E-state index contributed by atoms with van der Waals surface area (Å²) in [6.07, 6.45) is 2.90. The van der Waals surface area contributed by atoms with E-state index < -0.39 is 0 Å². The lowest BCUT2D eigenvalue weighted by Gasteiger charge is -2.26. The van der Waals surface area contributed by atoms with E-state index in [1.807, 2.05) is 44.2 Å². The number of nitrogens with zero attached hydrogens (tertiary/aromatic N) is 3. The van der Waals surface area contributed by atoms with Crippen molar-refractivity contribution in [3.63, 3.8) is 0 Å². The third-order valence-corrected chi connectivity index (χ3v) is 6.21. The lowest BCUT2D eigenvalue weighted by atomic mass is 9.82. The molecular formula is C24H28N4O3. The Morgan fingerprint density at radius 1 is 1.06 bits per heavy atom. The summed E-state index contributed by atoms with van der Waals surface area (Å²) in [4.78, 5) is 12.9. The van der Waals surface area contributed by atoms with Gasteiger partial charge in [0.25, 0.3) is 0 Å². The summed E-state index contributed by atoms with van der Waals surface area (Å²) in [5, 5.41) is 30.5. The number of carbonyl (C=O) groups is 1. The molecule has 2 aromatic rings. The molecule has 1 aliphatic heterocycles. The third-order valence-electron chi connectivity index (χ3n) is 6.21. The number of nitrogens with one attached hydrogen (secondary N) is 1. The second kappa shape index (κ2) is 8.51. The van der Waals surface area contributed by atoms with Gasteiger partial charge < -0.3 is 10.2 Å². The Morgan fingerprint density at radius 2 is 1.81 bits per heavy atom. The molecule has 2 aromatic carbocycles. The lowest BCUT2D eigenvalue weighted by molar-refractivity contribution is -0.112. The highest BCUT2D eigenvalue weighted by atomic mass is 16.3. The van der Waals surface area contributed by atoms with E-state index in [0.717, 1.165) is 42.4 Å². The van der Waals surface area contributed by atoms with Crippen molar-refractivity contribution in [1.29, 1.82) is 0 Å². The molecule has 7 heteroatoms. The number of benzene rings is 2. The first-order valence-electron chi connectivity index (χ1n) is 10.7. The number of anilines is 2. The number of carbonyl (C=O) groups excluding carboxylic acids is 1. The molecule has 1 amide bonds. The van der Waals surface area contributed by atoms with Gasteiger partial charge in [0.2, 0.25) is 0 Å². The molecule has 0 aromatic heterocycles. The predicted octanol–water partition coefficient (Wildman–Crippen LogP) is 4.22. The molecular weight excluding hydrogens is 392 g/mol. The monoisotopic (exact) mass is 420 g/mol. The Morgan fingerprint density at radius 3 is 2.52 bits per heavy atom. The van der Waals surface area contributed by atoms with Crippen LogP contribution in [0.5, 0.6) is 5.75 Å². The number of aryl methyl sites for hydroxylation is 2. The molecule has 0 unspecified atom stereocenters. The van der Waals surface area contributed by atoms with Crippen LogP contribution in [0.25, 0.3) is 0 Å². The normalized spacial score (nSPS) is 22.7. The number of hydrogen-bond donors (Lipinski definition) is 3. The molecule has 0 spiro atoms. The van der Waals surface area contributed by atoms with E-state index in [4.69, 9.17) is 0 Å². The van der Waals surface area contributed by atoms with E-state index in [1.165, 1.54) is 5.01 Å². The van der Waals surface area contributed by atoms with Crippen molar-refractivity contribution in [3.8, 4) is 5.75 Å². The fourth-order valence-electron chi connectivity index (χ4n) is 4.14. The van der Waals surface area contributed by atoms with Gasteiger partial charge in [-0.3, -0.25) is 10.2 Å². The summed E-state index contributed by atoms with van der Waals surface area (Å²) in [6.45, 7) is 5.75. The quantitative estimate of drug-likeness (QED) is 0.510. The molecule has 1 saturated carbocycles. The summed E-state index contributed by atoms with van der Waals surface area (Å²) < 4.78 is 0.